The molecule has 0 aromatic carbocycles. The monoisotopic (exact) mass is 959 g/mol. The maximum Gasteiger partial charge on any atom is 0.306 e. The molecule has 5 heteroatoms. The van der Waals surface area contributed by atoms with E-state index in [0.29, 0.717) is 26.1 Å². The molecule has 0 fully saturated rings. The summed E-state index contributed by atoms with van der Waals surface area (Å²) in [6.07, 6.45) is 71.0. The molecule has 0 aromatic heterocycles. The number of allylic oxidation sites excluding steroid dienone is 2. The molecule has 0 aliphatic heterocycles. The van der Waals surface area contributed by atoms with E-state index in [4.69, 9.17) is 14.2 Å². The molecule has 0 aliphatic carbocycles. The quantitative estimate of drug-likeness (QED) is 0.0345. The van der Waals surface area contributed by atoms with Gasteiger partial charge in [-0.05, 0) is 44.9 Å². The first-order valence-electron chi connectivity index (χ1n) is 31.2. The standard InChI is InChI=1S/C63H122O5/c1-4-7-10-13-16-19-22-25-28-30-31-32-33-34-36-39-42-45-48-51-54-57-63(65)68-61(59-66-58-55-52-49-46-43-40-37-29-26-23-20-17-14-11-8-5-2)60-67-62(64)56-53-50-47-44-41-38-35-27-24-21-18-15-12-9-6-3/h25,28,61H,4-24,26-27,29-60H2,1-3H3/b28-25-/t61-/m1/s1. The normalized spacial score (nSPS) is 12.1. The molecule has 0 saturated carbocycles. The van der Waals surface area contributed by atoms with Gasteiger partial charge in [0.05, 0.1) is 6.61 Å². The lowest BCUT2D eigenvalue weighted by molar-refractivity contribution is -0.163. The largest absolute Gasteiger partial charge is 0.462 e. The summed E-state index contributed by atoms with van der Waals surface area (Å²) in [5, 5.41) is 0. The highest BCUT2D eigenvalue weighted by atomic mass is 16.6. The van der Waals surface area contributed by atoms with Crippen molar-refractivity contribution in [3.05, 3.63) is 12.2 Å². The van der Waals surface area contributed by atoms with Crippen molar-refractivity contribution in [2.75, 3.05) is 19.8 Å². The topological polar surface area (TPSA) is 61.8 Å². The van der Waals surface area contributed by atoms with Gasteiger partial charge in [-0.3, -0.25) is 9.59 Å². The van der Waals surface area contributed by atoms with Crippen LogP contribution in [0.25, 0.3) is 0 Å². The Morgan fingerprint density at radius 2 is 0.574 bits per heavy atom. The third-order valence-corrected chi connectivity index (χ3v) is 14.3. The average Bonchev–Trinajstić information content (AvgIpc) is 3.34. The molecule has 0 amide bonds. The molecule has 404 valence electrons. The minimum Gasteiger partial charge on any atom is -0.462 e. The molecule has 5 nitrogen and oxygen atoms in total. The third kappa shape index (κ3) is 57.2. The SMILES string of the molecule is CCCCCCCC/C=C\CCCCCCCCCCCCCC(=O)O[C@H](COCCCCCCCCCCCCCCCCCC)COC(=O)CCCCCCCCCCCCCCCCC. The number of unbranched alkanes of at least 4 members (excludes halogenated alkanes) is 46. The molecule has 0 radical (unpaired) electrons. The van der Waals surface area contributed by atoms with E-state index in [1.807, 2.05) is 0 Å². The molecule has 0 aromatic rings. The van der Waals surface area contributed by atoms with Crippen LogP contribution >= 0.6 is 0 Å². The Morgan fingerprint density at radius 3 is 0.897 bits per heavy atom. The molecule has 1 atom stereocenters. The summed E-state index contributed by atoms with van der Waals surface area (Å²) in [6.45, 7) is 7.92. The summed E-state index contributed by atoms with van der Waals surface area (Å²) in [5.74, 6) is -0.368. The molecule has 0 aliphatic rings. The van der Waals surface area contributed by atoms with Gasteiger partial charge in [0.2, 0.25) is 0 Å². The molecule has 0 heterocycles. The zero-order valence-corrected chi connectivity index (χ0v) is 46.7. The van der Waals surface area contributed by atoms with Gasteiger partial charge in [-0.15, -0.1) is 0 Å². The summed E-state index contributed by atoms with van der Waals surface area (Å²) in [5.41, 5.74) is 0. The highest BCUT2D eigenvalue weighted by Crippen LogP contribution is 2.18. The second-order valence-electron chi connectivity index (χ2n) is 21.3. The number of hydrogen-bond acceptors (Lipinski definition) is 5. The molecule has 0 bridgehead atoms. The van der Waals surface area contributed by atoms with Crippen LogP contribution in [0.1, 0.15) is 355 Å². The second kappa shape index (κ2) is 59.9. The smallest absolute Gasteiger partial charge is 0.306 e. The van der Waals surface area contributed by atoms with E-state index in [9.17, 15) is 9.59 Å². The molecule has 68 heavy (non-hydrogen) atoms. The van der Waals surface area contributed by atoms with Crippen LogP contribution in [0.4, 0.5) is 0 Å². The summed E-state index contributed by atoms with van der Waals surface area (Å²) in [7, 11) is 0. The van der Waals surface area contributed by atoms with Gasteiger partial charge in [0.15, 0.2) is 6.10 Å². The summed E-state index contributed by atoms with van der Waals surface area (Å²) < 4.78 is 17.5. The van der Waals surface area contributed by atoms with Crippen molar-refractivity contribution in [3.63, 3.8) is 0 Å². The van der Waals surface area contributed by atoms with Gasteiger partial charge in [0, 0.05) is 19.4 Å². The maximum atomic E-state index is 12.9. The number of carbonyl (C=O) groups is 2. The Hall–Kier alpha value is -1.36. The molecule has 0 rings (SSSR count). The Bertz CT molecular complexity index is 994. The summed E-state index contributed by atoms with van der Waals surface area (Å²) >= 11 is 0. The van der Waals surface area contributed by atoms with Gasteiger partial charge < -0.3 is 14.2 Å². The lowest BCUT2D eigenvalue weighted by Gasteiger charge is -2.18. The van der Waals surface area contributed by atoms with Gasteiger partial charge >= 0.3 is 11.9 Å². The predicted octanol–water partition coefficient (Wildman–Crippen LogP) is 21.4. The van der Waals surface area contributed by atoms with Crippen LogP contribution in [0.2, 0.25) is 0 Å². The van der Waals surface area contributed by atoms with Crippen LogP contribution in [-0.2, 0) is 23.8 Å². The number of esters is 2. The minimum absolute atomic E-state index is 0.0959. The highest BCUT2D eigenvalue weighted by molar-refractivity contribution is 5.70. The van der Waals surface area contributed by atoms with Crippen molar-refractivity contribution >= 4 is 11.9 Å². The van der Waals surface area contributed by atoms with Gasteiger partial charge in [0.1, 0.15) is 6.61 Å². The first kappa shape index (κ1) is 66.6. The van der Waals surface area contributed by atoms with Crippen LogP contribution in [0.15, 0.2) is 12.2 Å². The first-order chi connectivity index (χ1) is 33.6. The van der Waals surface area contributed by atoms with Crippen molar-refractivity contribution < 1.29 is 23.8 Å². The lowest BCUT2D eigenvalue weighted by Crippen LogP contribution is -2.30. The number of ether oxygens (including phenoxy) is 3. The van der Waals surface area contributed by atoms with E-state index >= 15 is 0 Å². The third-order valence-electron chi connectivity index (χ3n) is 14.3. The minimum atomic E-state index is -0.528. The molecule has 0 spiro atoms. The van der Waals surface area contributed by atoms with Crippen molar-refractivity contribution in [1.82, 2.24) is 0 Å². The lowest BCUT2D eigenvalue weighted by atomic mass is 10.0. The Balaban J connectivity index is 4.18. The first-order valence-corrected chi connectivity index (χ1v) is 31.2. The van der Waals surface area contributed by atoms with Crippen molar-refractivity contribution in [2.45, 2.75) is 361 Å². The summed E-state index contributed by atoms with van der Waals surface area (Å²) in [6, 6.07) is 0. The van der Waals surface area contributed by atoms with E-state index in [2.05, 4.69) is 32.9 Å². The second-order valence-corrected chi connectivity index (χ2v) is 21.3. The van der Waals surface area contributed by atoms with Gasteiger partial charge in [-0.25, -0.2) is 0 Å². The van der Waals surface area contributed by atoms with Crippen LogP contribution in [0, 0.1) is 0 Å². The van der Waals surface area contributed by atoms with E-state index in [0.717, 1.165) is 32.1 Å². The van der Waals surface area contributed by atoms with E-state index < -0.39 is 6.10 Å². The summed E-state index contributed by atoms with van der Waals surface area (Å²) in [4.78, 5) is 25.6. The van der Waals surface area contributed by atoms with E-state index in [1.54, 1.807) is 0 Å². The van der Waals surface area contributed by atoms with Crippen LogP contribution in [-0.4, -0.2) is 37.9 Å². The Morgan fingerprint density at radius 1 is 0.309 bits per heavy atom. The zero-order chi connectivity index (χ0) is 49.2. The average molecular weight is 960 g/mol. The maximum absolute atomic E-state index is 12.9. The highest BCUT2D eigenvalue weighted by Gasteiger charge is 2.18. The Labute approximate surface area is 426 Å². The van der Waals surface area contributed by atoms with Gasteiger partial charge in [-0.2, -0.15) is 0 Å². The van der Waals surface area contributed by atoms with E-state index in [1.165, 1.54) is 289 Å². The molecular formula is C63H122O5. The van der Waals surface area contributed by atoms with Gasteiger partial charge in [0.25, 0.3) is 0 Å². The molecule has 0 unspecified atom stereocenters. The number of hydrogen-bond donors (Lipinski definition) is 0. The van der Waals surface area contributed by atoms with Crippen molar-refractivity contribution in [2.24, 2.45) is 0 Å². The van der Waals surface area contributed by atoms with Crippen LogP contribution in [0.5, 0.6) is 0 Å². The fraction of sp³-hybridized carbons (Fsp3) is 0.937. The number of carbonyl (C=O) groups excluding carboxylic acids is 2. The van der Waals surface area contributed by atoms with Crippen LogP contribution in [0.3, 0.4) is 0 Å². The van der Waals surface area contributed by atoms with Crippen molar-refractivity contribution in [3.8, 4) is 0 Å². The molecule has 0 N–H and O–H groups in total. The molecule has 0 saturated heterocycles. The fourth-order valence-corrected chi connectivity index (χ4v) is 9.63. The van der Waals surface area contributed by atoms with E-state index in [-0.39, 0.29) is 18.5 Å². The number of rotatable bonds is 59. The van der Waals surface area contributed by atoms with Crippen molar-refractivity contribution in [1.29, 1.82) is 0 Å². The molecular weight excluding hydrogens is 837 g/mol. The Kier molecular flexibility index (Phi) is 58.7. The fourth-order valence-electron chi connectivity index (χ4n) is 9.63. The van der Waals surface area contributed by atoms with Gasteiger partial charge in [-0.1, -0.05) is 309 Å². The zero-order valence-electron chi connectivity index (χ0n) is 46.7. The predicted molar refractivity (Wildman–Crippen MR) is 298 cm³/mol. The van der Waals surface area contributed by atoms with Crippen LogP contribution < -0.4 is 0 Å².